The van der Waals surface area contributed by atoms with Crippen molar-refractivity contribution in [3.63, 3.8) is 0 Å². The SMILES string of the molecule is O=C(CSc1nc2c(c(C(F)(F)F)n1)CCC2)Nc1ccc(Cl)cc1Cl. The first kappa shape index (κ1) is 19.3. The molecule has 0 saturated carbocycles. The van der Waals surface area contributed by atoms with E-state index in [-0.39, 0.29) is 21.5 Å². The van der Waals surface area contributed by atoms with Gasteiger partial charge in [0.15, 0.2) is 10.9 Å². The van der Waals surface area contributed by atoms with Crippen LogP contribution in [0, 0.1) is 0 Å². The van der Waals surface area contributed by atoms with Crippen LogP contribution in [0.2, 0.25) is 10.0 Å². The maximum Gasteiger partial charge on any atom is 0.433 e. The molecule has 1 heterocycles. The van der Waals surface area contributed by atoms with E-state index in [0.29, 0.717) is 35.7 Å². The summed E-state index contributed by atoms with van der Waals surface area (Å²) in [4.78, 5) is 19.8. The Hall–Kier alpha value is -1.51. The molecule has 10 heteroatoms. The standard InChI is InChI=1S/C16H12Cl2F3N3OS/c17-8-4-5-12(10(18)6-8)22-13(25)7-26-15-23-11-3-1-2-9(11)14(24-15)16(19,20)21/h4-6H,1-3,7H2,(H,22,25). The average molecular weight is 422 g/mol. The van der Waals surface area contributed by atoms with Crippen LogP contribution in [0.1, 0.15) is 23.4 Å². The molecule has 1 N–H and O–H groups in total. The molecule has 1 amide bonds. The van der Waals surface area contributed by atoms with Crippen molar-refractivity contribution in [3.05, 3.63) is 45.2 Å². The smallest absolute Gasteiger partial charge is 0.324 e. The van der Waals surface area contributed by atoms with Crippen LogP contribution >= 0.6 is 35.0 Å². The second kappa shape index (κ2) is 7.62. The normalized spacial score (nSPS) is 13.6. The molecule has 1 aromatic heterocycles. The molecule has 1 aromatic carbocycles. The minimum absolute atomic E-state index is 0.0599. The van der Waals surface area contributed by atoms with Gasteiger partial charge in [-0.3, -0.25) is 4.79 Å². The predicted octanol–water partition coefficient (Wildman–Crippen LogP) is 5.02. The maximum atomic E-state index is 13.2. The van der Waals surface area contributed by atoms with Gasteiger partial charge in [0.25, 0.3) is 0 Å². The minimum atomic E-state index is -4.54. The van der Waals surface area contributed by atoms with E-state index in [0.717, 1.165) is 11.8 Å². The molecule has 26 heavy (non-hydrogen) atoms. The molecule has 4 nitrogen and oxygen atoms in total. The van der Waals surface area contributed by atoms with Crippen LogP contribution in [0.15, 0.2) is 23.4 Å². The number of carbonyl (C=O) groups excluding carboxylic acids is 1. The van der Waals surface area contributed by atoms with E-state index < -0.39 is 17.8 Å². The fourth-order valence-corrected chi connectivity index (χ4v) is 3.73. The fourth-order valence-electron chi connectivity index (χ4n) is 2.62. The van der Waals surface area contributed by atoms with Gasteiger partial charge < -0.3 is 5.32 Å². The Balaban J connectivity index is 1.70. The lowest BCUT2D eigenvalue weighted by Crippen LogP contribution is -2.16. The number of thioether (sulfide) groups is 1. The zero-order valence-corrected chi connectivity index (χ0v) is 15.5. The molecule has 0 atom stereocenters. The summed E-state index contributed by atoms with van der Waals surface area (Å²) >= 11 is 12.6. The summed E-state index contributed by atoms with van der Waals surface area (Å²) in [6, 6.07) is 4.58. The Labute approximate surface area is 161 Å². The highest BCUT2D eigenvalue weighted by Gasteiger charge is 2.38. The summed E-state index contributed by atoms with van der Waals surface area (Å²) in [5, 5.41) is 3.21. The van der Waals surface area contributed by atoms with Gasteiger partial charge >= 0.3 is 6.18 Å². The van der Waals surface area contributed by atoms with Crippen molar-refractivity contribution < 1.29 is 18.0 Å². The number of hydrogen-bond donors (Lipinski definition) is 1. The van der Waals surface area contributed by atoms with E-state index in [9.17, 15) is 18.0 Å². The second-order valence-electron chi connectivity index (χ2n) is 5.59. The number of anilines is 1. The van der Waals surface area contributed by atoms with Gasteiger partial charge in [0.2, 0.25) is 5.91 Å². The van der Waals surface area contributed by atoms with Crippen LogP contribution in [0.4, 0.5) is 18.9 Å². The molecular weight excluding hydrogens is 410 g/mol. The number of aryl methyl sites for hydroxylation is 1. The van der Waals surface area contributed by atoms with E-state index in [1.165, 1.54) is 6.07 Å². The first-order valence-electron chi connectivity index (χ1n) is 7.58. The number of hydrogen-bond acceptors (Lipinski definition) is 4. The number of nitrogens with zero attached hydrogens (tertiary/aromatic N) is 2. The number of nitrogens with one attached hydrogen (secondary N) is 1. The lowest BCUT2D eigenvalue weighted by atomic mass is 10.2. The monoisotopic (exact) mass is 421 g/mol. The van der Waals surface area contributed by atoms with E-state index in [1.807, 2.05) is 0 Å². The third-order valence-electron chi connectivity index (χ3n) is 3.72. The Morgan fingerprint density at radius 2 is 2.00 bits per heavy atom. The van der Waals surface area contributed by atoms with Crippen LogP contribution in [-0.4, -0.2) is 21.6 Å². The molecule has 0 radical (unpaired) electrons. The Bertz CT molecular complexity index is 861. The van der Waals surface area contributed by atoms with Crippen LogP contribution in [0.3, 0.4) is 0 Å². The number of amides is 1. The van der Waals surface area contributed by atoms with Gasteiger partial charge in [-0.25, -0.2) is 9.97 Å². The first-order valence-corrected chi connectivity index (χ1v) is 9.33. The summed E-state index contributed by atoms with van der Waals surface area (Å²) in [7, 11) is 0. The molecule has 0 unspecified atom stereocenters. The Morgan fingerprint density at radius 3 is 2.69 bits per heavy atom. The Kier molecular flexibility index (Phi) is 5.64. The topological polar surface area (TPSA) is 54.9 Å². The van der Waals surface area contributed by atoms with Crippen LogP contribution < -0.4 is 5.32 Å². The van der Waals surface area contributed by atoms with Gasteiger partial charge in [-0.05, 0) is 37.5 Å². The molecule has 3 rings (SSSR count). The van der Waals surface area contributed by atoms with Crippen molar-refractivity contribution in [1.29, 1.82) is 0 Å². The summed E-state index contributed by atoms with van der Waals surface area (Å²) < 4.78 is 39.5. The maximum absolute atomic E-state index is 13.2. The zero-order valence-electron chi connectivity index (χ0n) is 13.2. The van der Waals surface area contributed by atoms with E-state index in [2.05, 4.69) is 15.3 Å². The van der Waals surface area contributed by atoms with E-state index >= 15 is 0 Å². The molecule has 0 bridgehead atoms. The predicted molar refractivity (Wildman–Crippen MR) is 94.9 cm³/mol. The van der Waals surface area contributed by atoms with Gasteiger partial charge in [-0.2, -0.15) is 13.2 Å². The number of alkyl halides is 3. The summed E-state index contributed by atoms with van der Waals surface area (Å²) in [6.07, 6.45) is -3.10. The average Bonchev–Trinajstić information content (AvgIpc) is 3.02. The number of rotatable bonds is 4. The minimum Gasteiger partial charge on any atom is -0.324 e. The molecule has 138 valence electrons. The van der Waals surface area contributed by atoms with Crippen LogP contribution in [0.25, 0.3) is 0 Å². The number of benzene rings is 1. The van der Waals surface area contributed by atoms with Crippen molar-refractivity contribution in [2.24, 2.45) is 0 Å². The molecule has 1 aliphatic rings. The molecule has 0 spiro atoms. The number of fused-ring (bicyclic) bond motifs is 1. The third-order valence-corrected chi connectivity index (χ3v) is 5.11. The van der Waals surface area contributed by atoms with Gasteiger partial charge in [0.05, 0.1) is 16.5 Å². The first-order chi connectivity index (χ1) is 12.2. The van der Waals surface area contributed by atoms with Crippen molar-refractivity contribution in [3.8, 4) is 0 Å². The fraction of sp³-hybridized carbons (Fsp3) is 0.312. The highest BCUT2D eigenvalue weighted by atomic mass is 35.5. The molecule has 2 aromatic rings. The van der Waals surface area contributed by atoms with Crippen molar-refractivity contribution in [2.75, 3.05) is 11.1 Å². The third kappa shape index (κ3) is 4.42. The molecule has 0 saturated heterocycles. The highest BCUT2D eigenvalue weighted by Crippen LogP contribution is 2.36. The van der Waals surface area contributed by atoms with Gasteiger partial charge in [0, 0.05) is 16.3 Å². The van der Waals surface area contributed by atoms with Gasteiger partial charge in [0.1, 0.15) is 0 Å². The highest BCUT2D eigenvalue weighted by molar-refractivity contribution is 7.99. The van der Waals surface area contributed by atoms with Crippen molar-refractivity contribution in [2.45, 2.75) is 30.6 Å². The lowest BCUT2D eigenvalue weighted by Gasteiger charge is -2.12. The van der Waals surface area contributed by atoms with E-state index in [4.69, 9.17) is 23.2 Å². The largest absolute Gasteiger partial charge is 0.433 e. The van der Waals surface area contributed by atoms with Gasteiger partial charge in [-0.1, -0.05) is 35.0 Å². The quantitative estimate of drug-likeness (QED) is 0.555. The molecule has 0 aliphatic heterocycles. The number of carbonyl (C=O) groups is 1. The number of halogens is 5. The second-order valence-corrected chi connectivity index (χ2v) is 7.38. The summed E-state index contributed by atoms with van der Waals surface area (Å²) in [5.74, 6) is -0.577. The van der Waals surface area contributed by atoms with Crippen molar-refractivity contribution in [1.82, 2.24) is 9.97 Å². The molecular formula is C16H12Cl2F3N3OS. The zero-order chi connectivity index (χ0) is 18.9. The summed E-state index contributed by atoms with van der Waals surface area (Å²) in [5.41, 5.74) is 0.0476. The molecule has 1 aliphatic carbocycles. The van der Waals surface area contributed by atoms with Crippen LogP contribution in [-0.2, 0) is 23.8 Å². The number of aromatic nitrogens is 2. The van der Waals surface area contributed by atoms with E-state index in [1.54, 1.807) is 12.1 Å². The lowest BCUT2D eigenvalue weighted by molar-refractivity contribution is -0.142. The van der Waals surface area contributed by atoms with Crippen molar-refractivity contribution >= 4 is 46.6 Å². The van der Waals surface area contributed by atoms with Crippen LogP contribution in [0.5, 0.6) is 0 Å². The molecule has 0 fully saturated rings. The Morgan fingerprint density at radius 1 is 1.23 bits per heavy atom. The van der Waals surface area contributed by atoms with Gasteiger partial charge in [-0.15, -0.1) is 0 Å². The summed E-state index contributed by atoms with van der Waals surface area (Å²) in [6.45, 7) is 0.